The van der Waals surface area contributed by atoms with Crippen LogP contribution in [0.15, 0.2) is 6.07 Å². The van der Waals surface area contributed by atoms with E-state index in [1.54, 1.807) is 16.6 Å². The Hall–Kier alpha value is -2.29. The minimum absolute atomic E-state index is 0.0445. The Morgan fingerprint density at radius 1 is 1.22 bits per heavy atom. The van der Waals surface area contributed by atoms with Gasteiger partial charge < -0.3 is 4.90 Å². The van der Waals surface area contributed by atoms with E-state index in [1.807, 2.05) is 33.8 Å². The molecule has 0 bridgehead atoms. The molecule has 1 amide bonds. The first kappa shape index (κ1) is 19.5. The van der Waals surface area contributed by atoms with E-state index in [4.69, 9.17) is 0 Å². The zero-order valence-electron chi connectivity index (χ0n) is 16.4. The number of aryl methyl sites for hydroxylation is 3. The van der Waals surface area contributed by atoms with Crippen molar-refractivity contribution < 1.29 is 13.2 Å². The number of rotatable bonds is 4. The summed E-state index contributed by atoms with van der Waals surface area (Å²) in [6.07, 6.45) is 0.674. The molecular formula is C18H25N5O3S. The van der Waals surface area contributed by atoms with Crippen LogP contribution in [0.3, 0.4) is 0 Å². The van der Waals surface area contributed by atoms with Crippen molar-refractivity contribution in [2.45, 2.75) is 46.6 Å². The molecule has 2 aromatic heterocycles. The monoisotopic (exact) mass is 391 g/mol. The molecule has 0 aromatic carbocycles. The molecular weight excluding hydrogens is 366 g/mol. The number of hydrogen-bond donors (Lipinski definition) is 0. The standard InChI is InChI=1S/C18H25N5O3S/c1-11-8-12(2)20-18(19-11)23-14(4)16(13(3)21-23)9-17(24)22(5)15-6-7-27(25,26)10-15/h8,15H,6-7,9-10H2,1-5H3. The third kappa shape index (κ3) is 4.02. The highest BCUT2D eigenvalue weighted by Gasteiger charge is 2.33. The van der Waals surface area contributed by atoms with Crippen molar-refractivity contribution in [3.63, 3.8) is 0 Å². The van der Waals surface area contributed by atoms with Crippen molar-refractivity contribution in [3.8, 4) is 5.95 Å². The molecule has 1 unspecified atom stereocenters. The first-order chi connectivity index (χ1) is 12.6. The van der Waals surface area contributed by atoms with Crippen molar-refractivity contribution in [2.24, 2.45) is 0 Å². The zero-order valence-corrected chi connectivity index (χ0v) is 17.2. The number of likely N-dealkylation sites (N-methyl/N-ethyl adjacent to an activating group) is 1. The molecule has 0 radical (unpaired) electrons. The van der Waals surface area contributed by atoms with Crippen LogP contribution in [-0.4, -0.2) is 63.6 Å². The Balaban J connectivity index is 1.83. The predicted molar refractivity (Wildman–Crippen MR) is 102 cm³/mol. The van der Waals surface area contributed by atoms with Crippen molar-refractivity contribution in [1.82, 2.24) is 24.6 Å². The van der Waals surface area contributed by atoms with Crippen molar-refractivity contribution in [2.75, 3.05) is 18.6 Å². The van der Waals surface area contributed by atoms with Crippen LogP contribution in [0.25, 0.3) is 5.95 Å². The second-order valence-electron chi connectivity index (χ2n) is 7.25. The van der Waals surface area contributed by atoms with Crippen molar-refractivity contribution >= 4 is 15.7 Å². The number of carbonyl (C=O) groups is 1. The van der Waals surface area contributed by atoms with Crippen LogP contribution in [0.2, 0.25) is 0 Å². The average molecular weight is 391 g/mol. The van der Waals surface area contributed by atoms with Gasteiger partial charge in [-0.15, -0.1) is 0 Å². The molecule has 1 atom stereocenters. The largest absolute Gasteiger partial charge is 0.341 e. The lowest BCUT2D eigenvalue weighted by Crippen LogP contribution is -2.38. The maximum atomic E-state index is 12.7. The highest BCUT2D eigenvalue weighted by atomic mass is 32.2. The molecule has 0 spiro atoms. The third-order valence-electron chi connectivity index (χ3n) is 5.08. The lowest BCUT2D eigenvalue weighted by atomic mass is 10.1. The molecule has 9 heteroatoms. The quantitative estimate of drug-likeness (QED) is 0.774. The van der Waals surface area contributed by atoms with E-state index >= 15 is 0 Å². The van der Waals surface area contributed by atoms with Crippen LogP contribution in [0.4, 0.5) is 0 Å². The van der Waals surface area contributed by atoms with E-state index in [0.29, 0.717) is 12.4 Å². The number of sulfone groups is 1. The number of nitrogens with zero attached hydrogens (tertiary/aromatic N) is 5. The molecule has 0 N–H and O–H groups in total. The summed E-state index contributed by atoms with van der Waals surface area (Å²) >= 11 is 0. The van der Waals surface area contributed by atoms with Crippen molar-refractivity contribution in [1.29, 1.82) is 0 Å². The predicted octanol–water partition coefficient (Wildman–Crippen LogP) is 1.08. The van der Waals surface area contributed by atoms with E-state index in [2.05, 4.69) is 15.1 Å². The molecule has 1 saturated heterocycles. The first-order valence-electron chi connectivity index (χ1n) is 8.91. The lowest BCUT2D eigenvalue weighted by Gasteiger charge is -2.23. The Morgan fingerprint density at radius 3 is 2.41 bits per heavy atom. The summed E-state index contributed by atoms with van der Waals surface area (Å²) < 4.78 is 25.0. The van der Waals surface area contributed by atoms with Crippen LogP contribution in [0.5, 0.6) is 0 Å². The Morgan fingerprint density at radius 2 is 1.85 bits per heavy atom. The highest BCUT2D eigenvalue weighted by molar-refractivity contribution is 7.91. The normalized spacial score (nSPS) is 18.6. The average Bonchev–Trinajstić information content (AvgIpc) is 3.07. The highest BCUT2D eigenvalue weighted by Crippen LogP contribution is 2.21. The summed E-state index contributed by atoms with van der Waals surface area (Å²) in [4.78, 5) is 23.2. The first-order valence-corrected chi connectivity index (χ1v) is 10.7. The van der Waals surface area contributed by atoms with Gasteiger partial charge in [0.1, 0.15) is 0 Å². The summed E-state index contributed by atoms with van der Waals surface area (Å²) in [5, 5.41) is 4.52. The van der Waals surface area contributed by atoms with Gasteiger partial charge in [0.25, 0.3) is 5.95 Å². The smallest absolute Gasteiger partial charge is 0.251 e. The van der Waals surface area contributed by atoms with E-state index in [-0.39, 0.29) is 29.9 Å². The number of amides is 1. The number of hydrogen-bond acceptors (Lipinski definition) is 6. The van der Waals surface area contributed by atoms with Crippen LogP contribution < -0.4 is 0 Å². The Bertz CT molecular complexity index is 976. The van der Waals surface area contributed by atoms with Gasteiger partial charge in [-0.3, -0.25) is 4.79 Å². The Kier molecular flexibility index (Phi) is 5.07. The molecule has 8 nitrogen and oxygen atoms in total. The number of aromatic nitrogens is 4. The fourth-order valence-electron chi connectivity index (χ4n) is 3.49. The molecule has 3 rings (SSSR count). The van der Waals surface area contributed by atoms with Crippen LogP contribution in [0, 0.1) is 27.7 Å². The summed E-state index contributed by atoms with van der Waals surface area (Å²) in [6, 6.07) is 1.64. The van der Waals surface area contributed by atoms with Crippen molar-refractivity contribution in [3.05, 3.63) is 34.4 Å². The second-order valence-corrected chi connectivity index (χ2v) is 9.48. The van der Waals surface area contributed by atoms with Crippen LogP contribution >= 0.6 is 0 Å². The molecule has 1 aliphatic heterocycles. The molecule has 146 valence electrons. The maximum absolute atomic E-state index is 12.7. The SMILES string of the molecule is Cc1cc(C)nc(-n2nc(C)c(CC(=O)N(C)C3CCS(=O)(=O)C3)c2C)n1. The summed E-state index contributed by atoms with van der Waals surface area (Å²) in [7, 11) is -1.35. The van der Waals surface area contributed by atoms with Gasteiger partial charge in [0.05, 0.1) is 23.6 Å². The fraction of sp³-hybridized carbons (Fsp3) is 0.556. The minimum atomic E-state index is -3.03. The van der Waals surface area contributed by atoms with Gasteiger partial charge >= 0.3 is 0 Å². The summed E-state index contributed by atoms with van der Waals surface area (Å²) in [5.41, 5.74) is 4.10. The van der Waals surface area contributed by atoms with Gasteiger partial charge in [0.15, 0.2) is 9.84 Å². The van der Waals surface area contributed by atoms with Gasteiger partial charge in [-0.1, -0.05) is 0 Å². The summed E-state index contributed by atoms with van der Waals surface area (Å²) in [6.45, 7) is 7.55. The lowest BCUT2D eigenvalue weighted by molar-refractivity contribution is -0.130. The number of carbonyl (C=O) groups excluding carboxylic acids is 1. The molecule has 1 aliphatic rings. The topological polar surface area (TPSA) is 98.0 Å². The van der Waals surface area contributed by atoms with E-state index in [9.17, 15) is 13.2 Å². The molecule has 2 aromatic rings. The zero-order chi connectivity index (χ0) is 19.9. The van der Waals surface area contributed by atoms with E-state index in [1.165, 1.54) is 0 Å². The van der Waals surface area contributed by atoms with Gasteiger partial charge in [-0.25, -0.2) is 23.1 Å². The molecule has 0 aliphatic carbocycles. The van der Waals surface area contributed by atoms with Crippen LogP contribution in [-0.2, 0) is 21.1 Å². The van der Waals surface area contributed by atoms with Crippen LogP contribution in [0.1, 0.15) is 34.8 Å². The van der Waals surface area contributed by atoms with E-state index < -0.39 is 9.84 Å². The fourth-order valence-corrected chi connectivity index (χ4v) is 5.26. The summed E-state index contributed by atoms with van der Waals surface area (Å²) in [5.74, 6) is 0.573. The maximum Gasteiger partial charge on any atom is 0.251 e. The van der Waals surface area contributed by atoms with E-state index in [0.717, 1.165) is 28.3 Å². The van der Waals surface area contributed by atoms with Gasteiger partial charge in [-0.2, -0.15) is 5.10 Å². The molecule has 0 saturated carbocycles. The molecule has 27 heavy (non-hydrogen) atoms. The van der Waals surface area contributed by atoms with Gasteiger partial charge in [-0.05, 0) is 40.2 Å². The molecule has 3 heterocycles. The molecule has 1 fully saturated rings. The van der Waals surface area contributed by atoms with Gasteiger partial charge in [0.2, 0.25) is 5.91 Å². The van der Waals surface area contributed by atoms with Gasteiger partial charge in [0, 0.05) is 35.7 Å². The third-order valence-corrected chi connectivity index (χ3v) is 6.83. The Labute approximate surface area is 159 Å². The minimum Gasteiger partial charge on any atom is -0.341 e. The second kappa shape index (κ2) is 7.03.